The number of hydrogen-bond donors (Lipinski definition) is 3. The Morgan fingerprint density at radius 2 is 1.71 bits per heavy atom. The molecule has 12 heteroatoms. The van der Waals surface area contributed by atoms with Crippen LogP contribution in [0.4, 0.5) is 36.3 Å². The van der Waals surface area contributed by atoms with Crippen molar-refractivity contribution < 1.29 is 13.2 Å². The number of nitrogens with two attached hydrogens (primary N) is 2. The monoisotopic (exact) mass is 565 g/mol. The summed E-state index contributed by atoms with van der Waals surface area (Å²) in [7, 11) is 0. The van der Waals surface area contributed by atoms with Crippen LogP contribution in [0.3, 0.4) is 0 Å². The highest BCUT2D eigenvalue weighted by molar-refractivity contribution is 5.82. The highest BCUT2D eigenvalue weighted by atomic mass is 19.4. The number of alkyl halides is 3. The van der Waals surface area contributed by atoms with Crippen LogP contribution in [0, 0.1) is 11.8 Å². The van der Waals surface area contributed by atoms with Crippen LogP contribution in [0.5, 0.6) is 0 Å². The molecule has 5 N–H and O–H groups in total. The van der Waals surface area contributed by atoms with Crippen molar-refractivity contribution in [1.29, 1.82) is 0 Å². The average Bonchev–Trinajstić information content (AvgIpc) is 3.16. The van der Waals surface area contributed by atoms with E-state index in [1.54, 1.807) is 6.20 Å². The van der Waals surface area contributed by atoms with Crippen molar-refractivity contribution in [1.82, 2.24) is 19.9 Å². The van der Waals surface area contributed by atoms with E-state index in [2.05, 4.69) is 36.7 Å². The molecule has 5 heterocycles. The highest BCUT2D eigenvalue weighted by Gasteiger charge is 2.40. The lowest BCUT2D eigenvalue weighted by molar-refractivity contribution is -0.137. The number of aromatic nitrogens is 4. The summed E-state index contributed by atoms with van der Waals surface area (Å²) >= 11 is 0. The first-order valence-electron chi connectivity index (χ1n) is 14.1. The van der Waals surface area contributed by atoms with Gasteiger partial charge in [0.2, 0.25) is 0 Å². The Balaban J connectivity index is 1.31. The largest absolute Gasteiger partial charge is 0.418 e. The van der Waals surface area contributed by atoms with Crippen LogP contribution in [0.1, 0.15) is 43.4 Å². The second kappa shape index (κ2) is 10.8. The van der Waals surface area contributed by atoms with E-state index in [9.17, 15) is 13.2 Å². The number of halogens is 3. The molecule has 2 saturated heterocycles. The van der Waals surface area contributed by atoms with Gasteiger partial charge in [0.05, 0.1) is 23.1 Å². The van der Waals surface area contributed by atoms with Gasteiger partial charge in [-0.25, -0.2) is 19.9 Å². The predicted molar refractivity (Wildman–Crippen MR) is 154 cm³/mol. The van der Waals surface area contributed by atoms with Crippen molar-refractivity contribution in [2.24, 2.45) is 17.6 Å². The topological polar surface area (TPSA) is 122 Å². The van der Waals surface area contributed by atoms with E-state index >= 15 is 0 Å². The molecule has 3 atom stereocenters. The standard InChI is InChI=1S/C29H34F3N9/c1-17(37-28-22(6-5-11-35-28)41-15-18-7-8-19(16-41)24(18)33)25-27(34)36-14-21(38-25)26-20(29(30,31)32)9-10-23(39-26)40-12-3-2-4-13-40/h5-6,9-11,14,18-19,24H,1-4,7-8,12-13,15-16,33H2,(H2,34,36)(H,35,37)/t18-,19?,24?/m0/s1. The van der Waals surface area contributed by atoms with E-state index in [0.29, 0.717) is 23.5 Å². The number of nitrogen functional groups attached to an aromatic ring is 1. The molecule has 3 fully saturated rings. The maximum Gasteiger partial charge on any atom is 0.418 e. The van der Waals surface area contributed by atoms with Gasteiger partial charge >= 0.3 is 6.18 Å². The molecule has 3 aliphatic rings. The maximum atomic E-state index is 14.1. The van der Waals surface area contributed by atoms with Crippen LogP contribution in [-0.2, 0) is 6.18 Å². The van der Waals surface area contributed by atoms with E-state index in [4.69, 9.17) is 11.5 Å². The first-order valence-corrected chi connectivity index (χ1v) is 14.1. The fourth-order valence-corrected chi connectivity index (χ4v) is 6.32. The molecule has 0 amide bonds. The lowest BCUT2D eigenvalue weighted by Crippen LogP contribution is -2.49. The van der Waals surface area contributed by atoms with Gasteiger partial charge in [0.1, 0.15) is 22.9 Å². The molecular formula is C29H34F3N9. The quantitative estimate of drug-likeness (QED) is 0.388. The van der Waals surface area contributed by atoms with Gasteiger partial charge in [0.15, 0.2) is 11.6 Å². The zero-order chi connectivity index (χ0) is 28.7. The molecule has 9 nitrogen and oxygen atoms in total. The van der Waals surface area contributed by atoms with Crippen molar-refractivity contribution >= 4 is 28.8 Å². The molecule has 0 spiro atoms. The Morgan fingerprint density at radius 3 is 2.41 bits per heavy atom. The van der Waals surface area contributed by atoms with Gasteiger partial charge in [-0.3, -0.25) is 0 Å². The summed E-state index contributed by atoms with van der Waals surface area (Å²) in [5.41, 5.74) is 12.7. The highest BCUT2D eigenvalue weighted by Crippen LogP contribution is 2.40. The Labute approximate surface area is 236 Å². The number of anilines is 4. The summed E-state index contributed by atoms with van der Waals surface area (Å²) in [5, 5.41) is 3.20. The van der Waals surface area contributed by atoms with Gasteiger partial charge < -0.3 is 26.6 Å². The smallest absolute Gasteiger partial charge is 0.382 e. The minimum Gasteiger partial charge on any atom is -0.382 e. The number of pyridine rings is 2. The van der Waals surface area contributed by atoms with Crippen molar-refractivity contribution in [2.45, 2.75) is 44.3 Å². The molecule has 1 aliphatic carbocycles. The van der Waals surface area contributed by atoms with Crippen LogP contribution < -0.4 is 26.6 Å². The van der Waals surface area contributed by atoms with Crippen molar-refractivity contribution in [3.05, 3.63) is 54.5 Å². The Bertz CT molecular complexity index is 1420. The maximum absolute atomic E-state index is 14.1. The molecule has 2 unspecified atom stereocenters. The summed E-state index contributed by atoms with van der Waals surface area (Å²) in [5.74, 6) is 1.93. The molecule has 2 aliphatic heterocycles. The normalized spacial score (nSPS) is 22.6. The lowest BCUT2D eigenvalue weighted by atomic mass is 9.93. The van der Waals surface area contributed by atoms with Gasteiger partial charge in [-0.2, -0.15) is 13.2 Å². The second-order valence-corrected chi connectivity index (χ2v) is 11.2. The van der Waals surface area contributed by atoms with Crippen LogP contribution in [0.15, 0.2) is 43.2 Å². The number of fused-ring (bicyclic) bond motifs is 2. The van der Waals surface area contributed by atoms with Crippen LogP contribution >= 0.6 is 0 Å². The second-order valence-electron chi connectivity index (χ2n) is 11.2. The minimum absolute atomic E-state index is 0.0338. The van der Waals surface area contributed by atoms with Crippen molar-refractivity contribution in [3.8, 4) is 11.4 Å². The van der Waals surface area contributed by atoms with E-state index in [-0.39, 0.29) is 34.6 Å². The Morgan fingerprint density at radius 1 is 0.976 bits per heavy atom. The summed E-state index contributed by atoms with van der Waals surface area (Å²) in [6, 6.07) is 6.56. The zero-order valence-corrected chi connectivity index (χ0v) is 22.7. The molecule has 41 heavy (non-hydrogen) atoms. The SMILES string of the molecule is C=C(Nc1ncccc1N1CC2CC[C@@H](C1)C2N)c1nc(-c2nc(N3CCCCC3)ccc2C(F)(F)F)cnc1N. The number of hydrogen-bond acceptors (Lipinski definition) is 9. The number of nitrogens with zero attached hydrogens (tertiary/aromatic N) is 6. The van der Waals surface area contributed by atoms with Crippen LogP contribution in [-0.4, -0.2) is 52.2 Å². The van der Waals surface area contributed by atoms with E-state index in [1.807, 2.05) is 17.0 Å². The molecule has 3 aromatic rings. The molecule has 0 radical (unpaired) electrons. The van der Waals surface area contributed by atoms with Crippen LogP contribution in [0.2, 0.25) is 0 Å². The fraction of sp³-hybridized carbons (Fsp3) is 0.448. The molecule has 2 bridgehead atoms. The molecular weight excluding hydrogens is 531 g/mol. The number of rotatable bonds is 6. The van der Waals surface area contributed by atoms with E-state index < -0.39 is 11.7 Å². The zero-order valence-electron chi connectivity index (χ0n) is 22.7. The molecule has 0 aromatic carbocycles. The fourth-order valence-electron chi connectivity index (χ4n) is 6.32. The molecule has 216 valence electrons. The van der Waals surface area contributed by atoms with Gasteiger partial charge in [0, 0.05) is 38.4 Å². The van der Waals surface area contributed by atoms with Crippen molar-refractivity contribution in [3.63, 3.8) is 0 Å². The molecule has 1 saturated carbocycles. The van der Waals surface area contributed by atoms with E-state index in [1.165, 1.54) is 12.3 Å². The summed E-state index contributed by atoms with van der Waals surface area (Å²) in [6.45, 7) is 7.25. The van der Waals surface area contributed by atoms with Gasteiger partial charge in [0.25, 0.3) is 0 Å². The number of nitrogens with one attached hydrogen (secondary N) is 1. The molecule has 3 aromatic heterocycles. The van der Waals surface area contributed by atoms with Crippen LogP contribution in [0.25, 0.3) is 17.1 Å². The summed E-state index contributed by atoms with van der Waals surface area (Å²) < 4.78 is 42.2. The molecule has 6 rings (SSSR count). The third-order valence-electron chi connectivity index (χ3n) is 8.50. The Hall–Kier alpha value is -3.93. The van der Waals surface area contributed by atoms with E-state index in [0.717, 1.165) is 70.0 Å². The van der Waals surface area contributed by atoms with Gasteiger partial charge in [-0.1, -0.05) is 6.58 Å². The number of piperidine rings is 2. The average molecular weight is 566 g/mol. The third-order valence-corrected chi connectivity index (χ3v) is 8.50. The summed E-state index contributed by atoms with van der Waals surface area (Å²) in [6.07, 6.45) is 3.53. The third kappa shape index (κ3) is 5.40. The van der Waals surface area contributed by atoms with Gasteiger partial charge in [-0.05, 0) is 68.2 Å². The summed E-state index contributed by atoms with van der Waals surface area (Å²) in [4.78, 5) is 21.9. The first-order chi connectivity index (χ1) is 19.7. The first kappa shape index (κ1) is 27.3. The van der Waals surface area contributed by atoms with Gasteiger partial charge in [-0.15, -0.1) is 0 Å². The Kier molecular flexibility index (Phi) is 7.18. The lowest BCUT2D eigenvalue weighted by Gasteiger charge is -2.38. The van der Waals surface area contributed by atoms with Crippen molar-refractivity contribution in [2.75, 3.05) is 47.0 Å². The predicted octanol–water partition coefficient (Wildman–Crippen LogP) is 4.78. The minimum atomic E-state index is -4.62.